The van der Waals surface area contributed by atoms with Gasteiger partial charge in [0.05, 0.1) is 0 Å². The predicted octanol–water partition coefficient (Wildman–Crippen LogP) is 1.88. The second-order valence-electron chi connectivity index (χ2n) is 3.19. The second-order valence-corrected chi connectivity index (χ2v) is 4.17. The van der Waals surface area contributed by atoms with Crippen molar-refractivity contribution < 1.29 is 0 Å². The van der Waals surface area contributed by atoms with Gasteiger partial charge in [-0.25, -0.2) is 9.97 Å². The lowest BCUT2D eigenvalue weighted by atomic mass is 10.3. The largest absolute Gasteiger partial charge is 0.316 e. The molecule has 1 aromatic heterocycles. The van der Waals surface area contributed by atoms with E-state index in [0.29, 0.717) is 6.04 Å². The van der Waals surface area contributed by atoms with E-state index in [-0.39, 0.29) is 0 Å². The van der Waals surface area contributed by atoms with E-state index in [1.807, 2.05) is 26.2 Å². The van der Waals surface area contributed by atoms with Crippen LogP contribution in [0.2, 0.25) is 0 Å². The molecule has 1 N–H and O–H groups in total. The number of thioether (sulfide) groups is 1. The van der Waals surface area contributed by atoms with E-state index in [1.54, 1.807) is 11.8 Å². The molecule has 0 saturated heterocycles. The van der Waals surface area contributed by atoms with Gasteiger partial charge in [-0.2, -0.15) is 0 Å². The van der Waals surface area contributed by atoms with Crippen LogP contribution in [0.15, 0.2) is 17.4 Å². The molecule has 1 heterocycles. The van der Waals surface area contributed by atoms with Gasteiger partial charge in [-0.3, -0.25) is 0 Å². The monoisotopic (exact) mass is 211 g/mol. The fourth-order valence-corrected chi connectivity index (χ4v) is 2.17. The van der Waals surface area contributed by atoms with Gasteiger partial charge in [0.1, 0.15) is 0 Å². The van der Waals surface area contributed by atoms with E-state index in [4.69, 9.17) is 0 Å². The molecule has 0 spiro atoms. The molecule has 0 amide bonds. The number of aryl methyl sites for hydroxylation is 1. The first-order valence-corrected chi connectivity index (χ1v) is 5.84. The summed E-state index contributed by atoms with van der Waals surface area (Å²) < 4.78 is 0. The summed E-state index contributed by atoms with van der Waals surface area (Å²) in [5.74, 6) is 1.02. The molecule has 0 aliphatic carbocycles. The van der Waals surface area contributed by atoms with E-state index >= 15 is 0 Å². The summed E-state index contributed by atoms with van der Waals surface area (Å²) in [5, 5.41) is 4.13. The van der Waals surface area contributed by atoms with E-state index in [0.717, 1.165) is 23.0 Å². The first kappa shape index (κ1) is 11.5. The lowest BCUT2D eigenvalue weighted by molar-refractivity contribution is 0.601. The van der Waals surface area contributed by atoms with Gasteiger partial charge in [0.2, 0.25) is 0 Å². The molecule has 78 valence electrons. The van der Waals surface area contributed by atoms with E-state index in [9.17, 15) is 0 Å². The Hall–Kier alpha value is -0.610. The normalized spacial score (nSPS) is 12.8. The summed E-state index contributed by atoms with van der Waals surface area (Å²) in [5.41, 5.74) is 1.03. The van der Waals surface area contributed by atoms with Crippen molar-refractivity contribution in [1.82, 2.24) is 15.3 Å². The van der Waals surface area contributed by atoms with Crippen LogP contribution in [0.1, 0.15) is 19.0 Å². The zero-order valence-corrected chi connectivity index (χ0v) is 9.77. The van der Waals surface area contributed by atoms with E-state index in [2.05, 4.69) is 22.2 Å². The molecule has 0 aliphatic heterocycles. The first-order valence-electron chi connectivity index (χ1n) is 4.86. The summed E-state index contributed by atoms with van der Waals surface area (Å²) in [6, 6.07) is 2.46. The van der Waals surface area contributed by atoms with Crippen LogP contribution in [0.3, 0.4) is 0 Å². The van der Waals surface area contributed by atoms with Gasteiger partial charge < -0.3 is 5.32 Å². The molecule has 4 heteroatoms. The molecular formula is C10H17N3S. The molecule has 0 aromatic carbocycles. The number of nitrogens with zero attached hydrogens (tertiary/aromatic N) is 2. The number of rotatable bonds is 5. The van der Waals surface area contributed by atoms with Crippen LogP contribution in [-0.4, -0.2) is 28.8 Å². The third-order valence-corrected chi connectivity index (χ3v) is 3.11. The molecule has 0 saturated carbocycles. The summed E-state index contributed by atoms with van der Waals surface area (Å²) >= 11 is 1.71. The van der Waals surface area contributed by atoms with Gasteiger partial charge >= 0.3 is 0 Å². The Morgan fingerprint density at radius 3 is 2.93 bits per heavy atom. The average molecular weight is 211 g/mol. The predicted molar refractivity (Wildman–Crippen MR) is 60.6 cm³/mol. The Morgan fingerprint density at radius 2 is 2.36 bits per heavy atom. The van der Waals surface area contributed by atoms with Crippen LogP contribution >= 0.6 is 11.8 Å². The minimum absolute atomic E-state index is 0.545. The summed E-state index contributed by atoms with van der Waals surface area (Å²) in [6.45, 7) is 4.17. The Morgan fingerprint density at radius 1 is 1.57 bits per heavy atom. The highest BCUT2D eigenvalue weighted by molar-refractivity contribution is 7.99. The summed E-state index contributed by atoms with van der Waals surface area (Å²) in [7, 11) is 1.99. The second kappa shape index (κ2) is 5.98. The van der Waals surface area contributed by atoms with Crippen molar-refractivity contribution in [2.45, 2.75) is 31.5 Å². The lowest BCUT2D eigenvalue weighted by Crippen LogP contribution is -2.26. The standard InChI is InChI=1S/C10H17N3S/c1-4-9(11-3)7-14-10-12-6-5-8(2)13-10/h5-6,9,11H,4,7H2,1-3H3. The third-order valence-electron chi connectivity index (χ3n) is 2.09. The highest BCUT2D eigenvalue weighted by Crippen LogP contribution is 2.14. The van der Waals surface area contributed by atoms with Crippen molar-refractivity contribution in [2.75, 3.05) is 12.8 Å². The number of hydrogen-bond donors (Lipinski definition) is 1. The molecule has 1 atom stereocenters. The zero-order chi connectivity index (χ0) is 10.4. The Kier molecular flexibility index (Phi) is 4.90. The topological polar surface area (TPSA) is 37.8 Å². The molecule has 14 heavy (non-hydrogen) atoms. The summed E-state index contributed by atoms with van der Waals surface area (Å²) in [4.78, 5) is 8.54. The molecule has 3 nitrogen and oxygen atoms in total. The van der Waals surface area contributed by atoms with Crippen molar-refractivity contribution in [2.24, 2.45) is 0 Å². The minimum atomic E-state index is 0.545. The third kappa shape index (κ3) is 3.64. The minimum Gasteiger partial charge on any atom is -0.316 e. The smallest absolute Gasteiger partial charge is 0.187 e. The highest BCUT2D eigenvalue weighted by atomic mass is 32.2. The van der Waals surface area contributed by atoms with Crippen molar-refractivity contribution >= 4 is 11.8 Å². The van der Waals surface area contributed by atoms with Crippen molar-refractivity contribution in [3.8, 4) is 0 Å². The van der Waals surface area contributed by atoms with Gasteiger partial charge in [-0.1, -0.05) is 18.7 Å². The van der Waals surface area contributed by atoms with Crippen LogP contribution in [-0.2, 0) is 0 Å². The molecule has 0 bridgehead atoms. The quantitative estimate of drug-likeness (QED) is 0.596. The van der Waals surface area contributed by atoms with Crippen LogP contribution in [0.4, 0.5) is 0 Å². The van der Waals surface area contributed by atoms with Crippen molar-refractivity contribution in [3.05, 3.63) is 18.0 Å². The maximum Gasteiger partial charge on any atom is 0.187 e. The molecule has 0 fully saturated rings. The van der Waals surface area contributed by atoms with Gasteiger partial charge in [-0.05, 0) is 26.5 Å². The number of nitrogens with one attached hydrogen (secondary N) is 1. The maximum atomic E-state index is 4.34. The molecule has 1 unspecified atom stereocenters. The molecule has 1 aromatic rings. The van der Waals surface area contributed by atoms with Gasteiger partial charge in [0.25, 0.3) is 0 Å². The van der Waals surface area contributed by atoms with Gasteiger partial charge in [0.15, 0.2) is 5.16 Å². The summed E-state index contributed by atoms with van der Waals surface area (Å²) in [6.07, 6.45) is 2.94. The molecule has 0 aliphatic rings. The number of hydrogen-bond acceptors (Lipinski definition) is 4. The van der Waals surface area contributed by atoms with Gasteiger partial charge in [-0.15, -0.1) is 0 Å². The molecule has 0 radical (unpaired) electrons. The van der Waals surface area contributed by atoms with Crippen LogP contribution in [0.5, 0.6) is 0 Å². The van der Waals surface area contributed by atoms with E-state index < -0.39 is 0 Å². The van der Waals surface area contributed by atoms with Crippen molar-refractivity contribution in [3.63, 3.8) is 0 Å². The van der Waals surface area contributed by atoms with Crippen LogP contribution in [0, 0.1) is 6.92 Å². The molecule has 1 rings (SSSR count). The maximum absolute atomic E-state index is 4.34. The van der Waals surface area contributed by atoms with Crippen LogP contribution < -0.4 is 5.32 Å². The Bertz CT molecular complexity index is 274. The van der Waals surface area contributed by atoms with E-state index in [1.165, 1.54) is 0 Å². The molecular weight excluding hydrogens is 194 g/mol. The highest BCUT2D eigenvalue weighted by Gasteiger charge is 2.05. The average Bonchev–Trinajstić information content (AvgIpc) is 2.19. The van der Waals surface area contributed by atoms with Gasteiger partial charge in [0, 0.05) is 23.7 Å². The number of aromatic nitrogens is 2. The SMILES string of the molecule is CCC(CSc1nccc(C)n1)NC. The Balaban J connectivity index is 2.44. The Labute approximate surface area is 89.7 Å². The fourth-order valence-electron chi connectivity index (χ4n) is 1.08. The van der Waals surface area contributed by atoms with Crippen molar-refractivity contribution in [1.29, 1.82) is 0 Å². The fraction of sp³-hybridized carbons (Fsp3) is 0.600. The van der Waals surface area contributed by atoms with Crippen LogP contribution in [0.25, 0.3) is 0 Å². The first-order chi connectivity index (χ1) is 6.76. The zero-order valence-electron chi connectivity index (χ0n) is 8.95. The lowest BCUT2D eigenvalue weighted by Gasteiger charge is -2.11.